The highest BCUT2D eigenvalue weighted by atomic mass is 35.5. The molecule has 1 aliphatic rings. The van der Waals surface area contributed by atoms with Gasteiger partial charge in [0.1, 0.15) is 29.1 Å². The number of carboxylic acid groups (broad SMARTS) is 1. The lowest BCUT2D eigenvalue weighted by Crippen LogP contribution is -2.42. The lowest BCUT2D eigenvalue weighted by atomic mass is 10.0. The summed E-state index contributed by atoms with van der Waals surface area (Å²) in [5.74, 6) is 0.499. The van der Waals surface area contributed by atoms with Crippen molar-refractivity contribution in [1.29, 1.82) is 0 Å². The van der Waals surface area contributed by atoms with E-state index in [9.17, 15) is 14.7 Å². The molecule has 1 aliphatic heterocycles. The predicted octanol–water partition coefficient (Wildman–Crippen LogP) is 7.10. The minimum Gasteiger partial charge on any atom is -0.480 e. The molecule has 5 aromatic rings. The van der Waals surface area contributed by atoms with Gasteiger partial charge in [0.05, 0.1) is 0 Å². The molecule has 4 aromatic carbocycles. The molecule has 6 rings (SSSR count). The fourth-order valence-corrected chi connectivity index (χ4v) is 5.30. The number of carbonyl (C=O) groups excluding carboxylic acids is 1. The van der Waals surface area contributed by atoms with Crippen molar-refractivity contribution in [2.24, 2.45) is 0 Å². The lowest BCUT2D eigenvalue weighted by Gasteiger charge is -2.30. The average Bonchev–Trinajstić information content (AvgIpc) is 3.05. The first-order valence-corrected chi connectivity index (χ1v) is 14.7. The minimum absolute atomic E-state index is 0.0695. The first-order chi connectivity index (χ1) is 21.4. The highest BCUT2D eigenvalue weighted by molar-refractivity contribution is 6.30. The molecule has 0 spiro atoms. The molecule has 0 saturated heterocycles. The second-order valence-electron chi connectivity index (χ2n) is 10.5. The Hall–Kier alpha value is -5.21. The number of aliphatic carboxylic acids is 1. The van der Waals surface area contributed by atoms with Crippen molar-refractivity contribution >= 4 is 35.0 Å². The van der Waals surface area contributed by atoms with Gasteiger partial charge in [0.2, 0.25) is 0 Å². The van der Waals surface area contributed by atoms with Crippen LogP contribution in [0.15, 0.2) is 109 Å². The van der Waals surface area contributed by atoms with Gasteiger partial charge in [-0.25, -0.2) is 14.8 Å². The molecular formula is C35H29ClN4O4. The first-order valence-electron chi connectivity index (χ1n) is 14.3. The summed E-state index contributed by atoms with van der Waals surface area (Å²) in [6.45, 7) is 0.715. The monoisotopic (exact) mass is 604 g/mol. The van der Waals surface area contributed by atoms with E-state index in [-0.39, 0.29) is 12.1 Å². The number of amides is 1. The number of benzene rings is 4. The summed E-state index contributed by atoms with van der Waals surface area (Å²) in [4.78, 5) is 37.3. The Kier molecular flexibility index (Phi) is 8.52. The van der Waals surface area contributed by atoms with Gasteiger partial charge in [0.15, 0.2) is 5.82 Å². The van der Waals surface area contributed by atoms with Crippen LogP contribution in [0.4, 0.5) is 11.5 Å². The molecule has 1 atom stereocenters. The molecule has 0 fully saturated rings. The molecule has 0 aliphatic carbocycles. The standard InChI is InChI=1S/C35H29ClN4O4/c36-26-16-12-23(13-17-26)21-30(35(42)43)38-34(41)29-22-32(40-20-6-8-24-7-4-5-11-31(24)40)39-33(37-29)25-14-18-28(19-15-25)44-27-9-2-1-3-10-27/h1-5,7,9-19,22,30H,6,8,20-21H2,(H,38,41)(H,42,43). The topological polar surface area (TPSA) is 105 Å². The number of halogens is 1. The fraction of sp³-hybridized carbons (Fsp3) is 0.143. The Morgan fingerprint density at radius 2 is 1.59 bits per heavy atom. The third kappa shape index (κ3) is 6.71. The predicted molar refractivity (Wildman–Crippen MR) is 170 cm³/mol. The number of nitrogens with one attached hydrogen (secondary N) is 1. The Bertz CT molecular complexity index is 1780. The Labute approximate surface area is 259 Å². The molecule has 220 valence electrons. The van der Waals surface area contributed by atoms with Crippen molar-refractivity contribution in [3.63, 3.8) is 0 Å². The maximum Gasteiger partial charge on any atom is 0.326 e. The number of rotatable bonds is 9. The Balaban J connectivity index is 1.33. The number of para-hydroxylation sites is 2. The maximum absolute atomic E-state index is 13.6. The average molecular weight is 605 g/mol. The number of ether oxygens (including phenoxy) is 1. The van der Waals surface area contributed by atoms with E-state index in [1.165, 1.54) is 5.56 Å². The van der Waals surface area contributed by atoms with Crippen LogP contribution in [0.2, 0.25) is 5.02 Å². The zero-order chi connectivity index (χ0) is 30.5. The van der Waals surface area contributed by atoms with Crippen molar-refractivity contribution in [2.75, 3.05) is 11.4 Å². The van der Waals surface area contributed by atoms with Crippen LogP contribution in [0.3, 0.4) is 0 Å². The van der Waals surface area contributed by atoms with E-state index in [2.05, 4.69) is 21.3 Å². The number of aryl methyl sites for hydroxylation is 1. The number of nitrogens with zero attached hydrogens (tertiary/aromatic N) is 3. The summed E-state index contributed by atoms with van der Waals surface area (Å²) >= 11 is 5.98. The first kappa shape index (κ1) is 28.9. The van der Waals surface area contributed by atoms with Crippen LogP contribution in [0.25, 0.3) is 11.4 Å². The van der Waals surface area contributed by atoms with Gasteiger partial charge in [-0.15, -0.1) is 0 Å². The normalized spacial score (nSPS) is 13.1. The third-order valence-electron chi connectivity index (χ3n) is 7.38. The maximum atomic E-state index is 13.6. The van der Waals surface area contributed by atoms with Crippen LogP contribution in [0, 0.1) is 0 Å². The molecule has 0 radical (unpaired) electrons. The van der Waals surface area contributed by atoms with Crippen molar-refractivity contribution in [3.8, 4) is 22.9 Å². The van der Waals surface area contributed by atoms with Crippen LogP contribution in [-0.2, 0) is 17.6 Å². The molecule has 0 bridgehead atoms. The van der Waals surface area contributed by atoms with Crippen LogP contribution in [0.5, 0.6) is 11.5 Å². The number of aromatic nitrogens is 2. The summed E-state index contributed by atoms with van der Waals surface area (Å²) < 4.78 is 5.93. The molecule has 1 unspecified atom stereocenters. The minimum atomic E-state index is -1.17. The van der Waals surface area contributed by atoms with Crippen LogP contribution in [0.1, 0.15) is 28.0 Å². The van der Waals surface area contributed by atoms with Crippen molar-refractivity contribution in [2.45, 2.75) is 25.3 Å². The molecule has 8 nitrogen and oxygen atoms in total. The van der Waals surface area contributed by atoms with Gasteiger partial charge >= 0.3 is 5.97 Å². The Morgan fingerprint density at radius 1 is 0.886 bits per heavy atom. The van der Waals surface area contributed by atoms with Crippen molar-refractivity contribution < 1.29 is 19.4 Å². The van der Waals surface area contributed by atoms with Gasteiger partial charge in [-0.1, -0.05) is 60.1 Å². The zero-order valence-corrected chi connectivity index (χ0v) is 24.4. The number of carbonyl (C=O) groups is 2. The van der Waals surface area contributed by atoms with Gasteiger partial charge < -0.3 is 20.1 Å². The zero-order valence-electron chi connectivity index (χ0n) is 23.7. The SMILES string of the molecule is O=C(NC(Cc1ccc(Cl)cc1)C(=O)O)c1cc(N2CCCc3ccccc32)nc(-c2ccc(Oc3ccccc3)cc2)n1. The molecule has 1 aromatic heterocycles. The van der Waals surface area contributed by atoms with Gasteiger partial charge in [-0.05, 0) is 78.6 Å². The Morgan fingerprint density at radius 3 is 2.34 bits per heavy atom. The van der Waals surface area contributed by atoms with Gasteiger partial charge in [-0.2, -0.15) is 0 Å². The second kappa shape index (κ2) is 13.0. The van der Waals surface area contributed by atoms with Crippen LogP contribution >= 0.6 is 11.6 Å². The van der Waals surface area contributed by atoms with Gasteiger partial charge in [-0.3, -0.25) is 4.79 Å². The fourth-order valence-electron chi connectivity index (χ4n) is 5.17. The van der Waals surface area contributed by atoms with Crippen molar-refractivity contribution in [1.82, 2.24) is 15.3 Å². The summed E-state index contributed by atoms with van der Waals surface area (Å²) in [5.41, 5.74) is 3.70. The molecule has 2 heterocycles. The smallest absolute Gasteiger partial charge is 0.326 e. The van der Waals surface area contributed by atoms with E-state index in [1.54, 1.807) is 30.3 Å². The molecular weight excluding hydrogens is 576 g/mol. The number of hydrogen-bond acceptors (Lipinski definition) is 6. The van der Waals surface area contributed by atoms with E-state index in [4.69, 9.17) is 21.3 Å². The summed E-state index contributed by atoms with van der Waals surface area (Å²) in [6.07, 6.45) is 1.96. The molecule has 44 heavy (non-hydrogen) atoms. The number of fused-ring (bicyclic) bond motifs is 1. The van der Waals surface area contributed by atoms with E-state index in [0.29, 0.717) is 40.3 Å². The van der Waals surface area contributed by atoms with Gasteiger partial charge in [0.25, 0.3) is 5.91 Å². The number of anilines is 2. The molecule has 9 heteroatoms. The van der Waals surface area contributed by atoms with E-state index in [0.717, 1.165) is 24.1 Å². The highest BCUT2D eigenvalue weighted by Crippen LogP contribution is 2.34. The largest absolute Gasteiger partial charge is 0.480 e. The van der Waals surface area contributed by atoms with E-state index in [1.807, 2.05) is 72.8 Å². The number of hydrogen-bond donors (Lipinski definition) is 2. The van der Waals surface area contributed by atoms with E-state index >= 15 is 0 Å². The summed E-state index contributed by atoms with van der Waals surface area (Å²) in [5, 5.41) is 13.1. The molecule has 2 N–H and O–H groups in total. The summed E-state index contributed by atoms with van der Waals surface area (Å²) in [6, 6.07) is 32.2. The van der Waals surface area contributed by atoms with Crippen LogP contribution in [-0.4, -0.2) is 39.5 Å². The second-order valence-corrected chi connectivity index (χ2v) is 10.9. The van der Waals surface area contributed by atoms with Gasteiger partial charge in [0, 0.05) is 35.3 Å². The van der Waals surface area contributed by atoms with Crippen molar-refractivity contribution in [3.05, 3.63) is 131 Å². The number of carboxylic acids is 1. The summed E-state index contributed by atoms with van der Waals surface area (Å²) in [7, 11) is 0. The van der Waals surface area contributed by atoms with Crippen LogP contribution < -0.4 is 15.0 Å². The molecule has 1 amide bonds. The quantitative estimate of drug-likeness (QED) is 0.185. The van der Waals surface area contributed by atoms with E-state index < -0.39 is 17.9 Å². The molecule has 0 saturated carbocycles. The highest BCUT2D eigenvalue weighted by Gasteiger charge is 2.25. The lowest BCUT2D eigenvalue weighted by molar-refractivity contribution is -0.139. The third-order valence-corrected chi connectivity index (χ3v) is 7.63.